The van der Waals surface area contributed by atoms with Crippen LogP contribution in [0, 0.1) is 11.8 Å². The number of rotatable bonds is 7. The van der Waals surface area contributed by atoms with Crippen molar-refractivity contribution >= 4 is 67.5 Å². The number of halogens is 2. The van der Waals surface area contributed by atoms with Gasteiger partial charge in [0.05, 0.1) is 11.9 Å². The Balaban J connectivity index is 0.000000592. The van der Waals surface area contributed by atoms with Crippen molar-refractivity contribution in [1.82, 2.24) is 40.5 Å². The van der Waals surface area contributed by atoms with Crippen molar-refractivity contribution in [3.8, 4) is 0 Å². The number of anilines is 2. The number of nitrogens with zero attached hydrogens (tertiary/aromatic N) is 2. The van der Waals surface area contributed by atoms with E-state index >= 15 is 0 Å². The van der Waals surface area contributed by atoms with E-state index in [2.05, 4.69) is 72.4 Å². The summed E-state index contributed by atoms with van der Waals surface area (Å²) in [7, 11) is 0. The number of H-pyrrole nitrogens is 4. The Kier molecular flexibility index (Phi) is 11.7. The first kappa shape index (κ1) is 33.9. The standard InChI is InChI=1S/C22H24Br2N10O2.2C2H4O2/c23-10-2-14(27-5-10)19(35)29-4-9-1-13-18(34-22(26)32-13)17(16-8-31-21(25)33-16)12(9)7-30-20(36)15-3-11(24)6-28-15;2*1-2(3)4/h2-3,5-6,8-9,12,17,27-28H,1,4,7H2,(H,29,35)(H,30,36)(H3,25,31,33)(H3,26,32,34);2*1H3,(H,3,4). The summed E-state index contributed by atoms with van der Waals surface area (Å²) in [6.07, 6.45) is 5.65. The molecule has 16 nitrogen and oxygen atoms in total. The van der Waals surface area contributed by atoms with Crippen LogP contribution in [0.2, 0.25) is 0 Å². The van der Waals surface area contributed by atoms with Crippen LogP contribution in [0.4, 0.5) is 11.9 Å². The van der Waals surface area contributed by atoms with E-state index in [1.54, 1.807) is 30.7 Å². The molecule has 0 bridgehead atoms. The Hall–Kier alpha value is -4.58. The van der Waals surface area contributed by atoms with Gasteiger partial charge < -0.3 is 52.2 Å². The van der Waals surface area contributed by atoms with Crippen LogP contribution in [-0.4, -0.2) is 77.0 Å². The molecule has 5 rings (SSSR count). The Morgan fingerprint density at radius 3 is 1.89 bits per heavy atom. The number of hydrogen-bond acceptors (Lipinski definition) is 8. The molecule has 4 aromatic rings. The van der Waals surface area contributed by atoms with E-state index in [1.807, 2.05) is 0 Å². The molecule has 4 heterocycles. The van der Waals surface area contributed by atoms with Crippen LogP contribution in [0.3, 0.4) is 0 Å². The van der Waals surface area contributed by atoms with E-state index in [0.29, 0.717) is 36.8 Å². The molecule has 1 aliphatic carbocycles. The van der Waals surface area contributed by atoms with Gasteiger partial charge in [0, 0.05) is 65.6 Å². The number of carboxylic acids is 2. The van der Waals surface area contributed by atoms with E-state index in [-0.39, 0.29) is 35.5 Å². The molecule has 0 saturated carbocycles. The topological polar surface area (TPSA) is 274 Å². The molecule has 1 aliphatic rings. The third kappa shape index (κ3) is 9.46. The fourth-order valence-corrected chi connectivity index (χ4v) is 5.45. The van der Waals surface area contributed by atoms with E-state index < -0.39 is 11.9 Å². The molecule has 18 heteroatoms. The molecule has 0 fully saturated rings. The van der Waals surface area contributed by atoms with E-state index in [0.717, 1.165) is 39.9 Å². The molecule has 0 radical (unpaired) electrons. The van der Waals surface area contributed by atoms with Gasteiger partial charge in [-0.3, -0.25) is 19.2 Å². The highest BCUT2D eigenvalue weighted by Gasteiger charge is 2.41. The molecule has 12 N–H and O–H groups in total. The molecular formula is C26H32Br2N10O6. The van der Waals surface area contributed by atoms with E-state index in [4.69, 9.17) is 31.3 Å². The largest absolute Gasteiger partial charge is 0.481 e. The summed E-state index contributed by atoms with van der Waals surface area (Å²) in [6.45, 7) is 2.85. The smallest absolute Gasteiger partial charge is 0.300 e. The SMILES string of the molecule is CC(=O)O.CC(=O)O.Nc1ncc(C2c3nc(N)[nH]c3CC(CNC(=O)c3cc(Br)c[nH]3)C2CNC(=O)c2cc(Br)c[nH]2)[nH]1. The lowest BCUT2D eigenvalue weighted by atomic mass is 9.71. The maximum absolute atomic E-state index is 12.8. The van der Waals surface area contributed by atoms with E-state index in [1.165, 1.54) is 0 Å². The molecule has 236 valence electrons. The average Bonchev–Trinajstić information content (AvgIpc) is 3.72. The maximum atomic E-state index is 12.8. The summed E-state index contributed by atoms with van der Waals surface area (Å²) in [5, 5.41) is 20.9. The Bertz CT molecular complexity index is 1590. The van der Waals surface area contributed by atoms with Gasteiger partial charge in [0.15, 0.2) is 11.9 Å². The number of nitrogens with two attached hydrogens (primary N) is 2. The first-order chi connectivity index (χ1) is 20.7. The number of nitrogen functional groups attached to an aromatic ring is 2. The summed E-state index contributed by atoms with van der Waals surface area (Å²) < 4.78 is 1.57. The minimum Gasteiger partial charge on any atom is -0.481 e. The monoisotopic (exact) mass is 738 g/mol. The van der Waals surface area contributed by atoms with Gasteiger partial charge in [0.2, 0.25) is 0 Å². The van der Waals surface area contributed by atoms with Crippen molar-refractivity contribution in [2.24, 2.45) is 11.8 Å². The second-order valence-electron chi connectivity index (χ2n) is 9.74. The zero-order chi connectivity index (χ0) is 32.6. The van der Waals surface area contributed by atoms with Gasteiger partial charge in [-0.2, -0.15) is 0 Å². The first-order valence-corrected chi connectivity index (χ1v) is 14.6. The molecule has 0 saturated heterocycles. The summed E-state index contributed by atoms with van der Waals surface area (Å²) in [4.78, 5) is 64.4. The van der Waals surface area contributed by atoms with Crippen LogP contribution in [0.25, 0.3) is 0 Å². The number of carbonyl (C=O) groups excluding carboxylic acids is 2. The molecule has 44 heavy (non-hydrogen) atoms. The number of aliphatic carboxylic acids is 2. The van der Waals surface area contributed by atoms with Crippen LogP contribution < -0.4 is 22.1 Å². The number of carbonyl (C=O) groups is 4. The van der Waals surface area contributed by atoms with Crippen molar-refractivity contribution in [2.45, 2.75) is 26.2 Å². The van der Waals surface area contributed by atoms with Crippen LogP contribution in [0.15, 0.2) is 39.7 Å². The normalized spacial score (nSPS) is 16.8. The Morgan fingerprint density at radius 1 is 0.909 bits per heavy atom. The average molecular weight is 740 g/mol. The number of nitrogens with one attached hydrogen (secondary N) is 6. The number of aromatic nitrogens is 6. The fourth-order valence-electron chi connectivity index (χ4n) is 4.76. The Morgan fingerprint density at radius 2 is 1.43 bits per heavy atom. The van der Waals surface area contributed by atoms with Gasteiger partial charge in [-0.1, -0.05) is 0 Å². The number of fused-ring (bicyclic) bond motifs is 1. The van der Waals surface area contributed by atoms with Gasteiger partial charge in [-0.25, -0.2) is 9.97 Å². The van der Waals surface area contributed by atoms with Crippen LogP contribution in [0.5, 0.6) is 0 Å². The van der Waals surface area contributed by atoms with Crippen LogP contribution >= 0.6 is 31.9 Å². The Labute approximate surface area is 267 Å². The minimum atomic E-state index is -0.833. The molecule has 0 aliphatic heterocycles. The van der Waals surface area contributed by atoms with Gasteiger partial charge in [0.1, 0.15) is 11.4 Å². The lowest BCUT2D eigenvalue weighted by molar-refractivity contribution is -0.135. The quantitative estimate of drug-likeness (QED) is 0.132. The number of imidazole rings is 2. The zero-order valence-electron chi connectivity index (χ0n) is 23.6. The molecule has 0 aromatic carbocycles. The zero-order valence-corrected chi connectivity index (χ0v) is 26.7. The molecule has 0 spiro atoms. The fraction of sp³-hybridized carbons (Fsp3) is 0.308. The third-order valence-corrected chi connectivity index (χ3v) is 7.30. The van der Waals surface area contributed by atoms with Gasteiger partial charge in [-0.15, -0.1) is 0 Å². The summed E-state index contributed by atoms with van der Waals surface area (Å²) in [5.41, 5.74) is 15.2. The molecule has 4 aromatic heterocycles. The van der Waals surface area contributed by atoms with Gasteiger partial charge >= 0.3 is 0 Å². The highest BCUT2D eigenvalue weighted by atomic mass is 79.9. The molecular weight excluding hydrogens is 708 g/mol. The third-order valence-electron chi connectivity index (χ3n) is 6.38. The molecule has 3 unspecified atom stereocenters. The van der Waals surface area contributed by atoms with Gasteiger partial charge in [0.25, 0.3) is 23.8 Å². The van der Waals surface area contributed by atoms with Crippen molar-refractivity contribution < 1.29 is 29.4 Å². The number of carboxylic acid groups (broad SMARTS) is 2. The lowest BCUT2D eigenvalue weighted by Gasteiger charge is -2.37. The highest BCUT2D eigenvalue weighted by molar-refractivity contribution is 9.10. The van der Waals surface area contributed by atoms with Crippen molar-refractivity contribution in [3.63, 3.8) is 0 Å². The highest BCUT2D eigenvalue weighted by Crippen LogP contribution is 2.42. The molecule has 3 atom stereocenters. The summed E-state index contributed by atoms with van der Waals surface area (Å²) in [6, 6.07) is 3.42. The van der Waals surface area contributed by atoms with Gasteiger partial charge in [-0.05, 0) is 62.2 Å². The second kappa shape index (κ2) is 15.2. The number of aromatic amines is 4. The lowest BCUT2D eigenvalue weighted by Crippen LogP contribution is -2.44. The van der Waals surface area contributed by atoms with Crippen molar-refractivity contribution in [1.29, 1.82) is 0 Å². The predicted octanol–water partition coefficient (Wildman–Crippen LogP) is 2.44. The van der Waals surface area contributed by atoms with Crippen LogP contribution in [0.1, 0.15) is 57.8 Å². The number of amides is 2. The maximum Gasteiger partial charge on any atom is 0.300 e. The summed E-state index contributed by atoms with van der Waals surface area (Å²) in [5.74, 6) is -2.06. The second-order valence-corrected chi connectivity index (χ2v) is 11.6. The first-order valence-electron chi connectivity index (χ1n) is 13.0. The molecule has 2 amide bonds. The number of hydrogen-bond donors (Lipinski definition) is 10. The van der Waals surface area contributed by atoms with Crippen molar-refractivity contribution in [3.05, 3.63) is 68.1 Å². The van der Waals surface area contributed by atoms with Crippen LogP contribution in [-0.2, 0) is 16.0 Å². The van der Waals surface area contributed by atoms with E-state index in [9.17, 15) is 9.59 Å². The summed E-state index contributed by atoms with van der Waals surface area (Å²) >= 11 is 6.70. The van der Waals surface area contributed by atoms with Crippen molar-refractivity contribution in [2.75, 3.05) is 24.6 Å². The minimum absolute atomic E-state index is 0.0649. The predicted molar refractivity (Wildman–Crippen MR) is 167 cm³/mol.